The summed E-state index contributed by atoms with van der Waals surface area (Å²) in [7, 11) is 0. The van der Waals surface area contributed by atoms with E-state index in [2.05, 4.69) is 25.0 Å². The number of fused-ring (bicyclic) bond motifs is 2. The number of nitrogens with one attached hydrogen (secondary N) is 1. The maximum Gasteiger partial charge on any atom is 0.234 e. The average Bonchev–Trinajstić information content (AvgIpc) is 3.12. The van der Waals surface area contributed by atoms with Gasteiger partial charge in [-0.05, 0) is 12.5 Å². The summed E-state index contributed by atoms with van der Waals surface area (Å²) < 4.78 is 7.84. The van der Waals surface area contributed by atoms with Crippen molar-refractivity contribution in [3.05, 3.63) is 41.5 Å². The first-order valence-electron chi connectivity index (χ1n) is 8.40. The number of ether oxygens (including phenoxy) is 1. The number of hydrogen-bond acceptors (Lipinski definition) is 5. The van der Waals surface area contributed by atoms with Crippen LogP contribution in [0.3, 0.4) is 0 Å². The van der Waals surface area contributed by atoms with Crippen LogP contribution in [0.1, 0.15) is 23.6 Å². The summed E-state index contributed by atoms with van der Waals surface area (Å²) in [6, 6.07) is 7.99. The molecule has 7 nitrogen and oxygen atoms in total. The van der Waals surface area contributed by atoms with Gasteiger partial charge in [0.15, 0.2) is 5.82 Å². The lowest BCUT2D eigenvalue weighted by Crippen LogP contribution is -2.38. The molecule has 0 saturated carbocycles. The molecule has 1 N–H and O–H groups in total. The first kappa shape index (κ1) is 15.1. The molecule has 1 aromatic carbocycles. The van der Waals surface area contributed by atoms with Crippen molar-refractivity contribution in [1.29, 1.82) is 0 Å². The van der Waals surface area contributed by atoms with Gasteiger partial charge in [-0.25, -0.2) is 0 Å². The molecule has 0 bridgehead atoms. The molecule has 2 aliphatic rings. The van der Waals surface area contributed by atoms with E-state index >= 15 is 0 Å². The summed E-state index contributed by atoms with van der Waals surface area (Å²) in [4.78, 5) is 14.4. The van der Waals surface area contributed by atoms with Gasteiger partial charge >= 0.3 is 0 Å². The van der Waals surface area contributed by atoms with Crippen LogP contribution in [0, 0.1) is 0 Å². The van der Waals surface area contributed by atoms with Crippen LogP contribution in [0.2, 0.25) is 0 Å². The highest BCUT2D eigenvalue weighted by Gasteiger charge is 2.19. The number of aromatic nitrogens is 3. The van der Waals surface area contributed by atoms with Gasteiger partial charge in [-0.1, -0.05) is 18.2 Å². The maximum atomic E-state index is 12.3. The van der Waals surface area contributed by atoms with E-state index in [4.69, 9.17) is 4.74 Å². The molecule has 2 aromatic rings. The van der Waals surface area contributed by atoms with Crippen LogP contribution in [0.4, 0.5) is 0 Å². The average molecular weight is 327 g/mol. The van der Waals surface area contributed by atoms with Gasteiger partial charge in [0.05, 0.1) is 13.1 Å². The quantitative estimate of drug-likeness (QED) is 0.896. The van der Waals surface area contributed by atoms with Crippen molar-refractivity contribution in [2.45, 2.75) is 32.5 Å². The van der Waals surface area contributed by atoms with E-state index in [9.17, 15) is 4.79 Å². The molecule has 1 aromatic heterocycles. The summed E-state index contributed by atoms with van der Waals surface area (Å²) in [6.07, 6.45) is 2.09. The summed E-state index contributed by atoms with van der Waals surface area (Å²) in [5.41, 5.74) is 1.12. The first-order chi connectivity index (χ1) is 11.8. The zero-order valence-corrected chi connectivity index (χ0v) is 13.6. The van der Waals surface area contributed by atoms with Crippen LogP contribution in [-0.4, -0.2) is 45.3 Å². The highest BCUT2D eigenvalue weighted by molar-refractivity contribution is 5.77. The van der Waals surface area contributed by atoms with Crippen LogP contribution in [0.5, 0.6) is 5.75 Å². The fraction of sp³-hybridized carbons (Fsp3) is 0.471. The normalized spacial score (nSPS) is 16.8. The summed E-state index contributed by atoms with van der Waals surface area (Å²) >= 11 is 0. The van der Waals surface area contributed by atoms with Crippen LogP contribution in [-0.2, 0) is 30.8 Å². The van der Waals surface area contributed by atoms with Crippen molar-refractivity contribution in [3.8, 4) is 5.75 Å². The summed E-state index contributed by atoms with van der Waals surface area (Å²) in [5, 5.41) is 11.3. The third-order valence-electron chi connectivity index (χ3n) is 4.53. The number of nitrogens with zero attached hydrogens (tertiary/aromatic N) is 4. The second-order valence-corrected chi connectivity index (χ2v) is 6.23. The number of amides is 1. The molecule has 0 saturated heterocycles. The molecular weight excluding hydrogens is 306 g/mol. The molecule has 126 valence electrons. The van der Waals surface area contributed by atoms with Crippen molar-refractivity contribution in [2.24, 2.45) is 0 Å². The molecule has 7 heteroatoms. The van der Waals surface area contributed by atoms with E-state index in [-0.39, 0.29) is 5.91 Å². The monoisotopic (exact) mass is 327 g/mol. The van der Waals surface area contributed by atoms with Crippen LogP contribution < -0.4 is 10.1 Å². The lowest BCUT2D eigenvalue weighted by Gasteiger charge is -2.18. The van der Waals surface area contributed by atoms with Gasteiger partial charge in [0.1, 0.15) is 18.2 Å². The number of aryl methyl sites for hydroxylation is 1. The van der Waals surface area contributed by atoms with E-state index in [1.54, 1.807) is 0 Å². The maximum absolute atomic E-state index is 12.3. The van der Waals surface area contributed by atoms with E-state index < -0.39 is 0 Å². The van der Waals surface area contributed by atoms with Crippen molar-refractivity contribution in [2.75, 3.05) is 19.7 Å². The fourth-order valence-corrected chi connectivity index (χ4v) is 3.29. The largest absolute Gasteiger partial charge is 0.492 e. The van der Waals surface area contributed by atoms with Gasteiger partial charge in [-0.15, -0.1) is 10.2 Å². The highest BCUT2D eigenvalue weighted by Crippen LogP contribution is 2.22. The Bertz CT molecular complexity index is 742. The Labute approximate surface area is 140 Å². The lowest BCUT2D eigenvalue weighted by molar-refractivity contribution is -0.122. The van der Waals surface area contributed by atoms with Gasteiger partial charge in [0.2, 0.25) is 5.91 Å². The van der Waals surface area contributed by atoms with Gasteiger partial charge in [-0.3, -0.25) is 9.69 Å². The summed E-state index contributed by atoms with van der Waals surface area (Å²) in [6.45, 7) is 3.81. The molecule has 24 heavy (non-hydrogen) atoms. The van der Waals surface area contributed by atoms with E-state index in [1.165, 1.54) is 0 Å². The predicted molar refractivity (Wildman–Crippen MR) is 87.4 cm³/mol. The minimum absolute atomic E-state index is 0.00438. The molecule has 3 heterocycles. The van der Waals surface area contributed by atoms with Crippen molar-refractivity contribution in [3.63, 3.8) is 0 Å². The molecule has 2 aliphatic heterocycles. The third-order valence-corrected chi connectivity index (χ3v) is 4.53. The molecule has 0 unspecified atom stereocenters. The molecular formula is C17H21N5O2. The van der Waals surface area contributed by atoms with E-state index in [0.717, 1.165) is 55.4 Å². The number of hydrogen-bond donors (Lipinski definition) is 1. The van der Waals surface area contributed by atoms with Gasteiger partial charge in [-0.2, -0.15) is 0 Å². The third kappa shape index (κ3) is 3.12. The predicted octanol–water partition coefficient (Wildman–Crippen LogP) is 0.735. The van der Waals surface area contributed by atoms with Crippen LogP contribution in [0.15, 0.2) is 24.3 Å². The second-order valence-electron chi connectivity index (χ2n) is 6.23. The second kappa shape index (κ2) is 6.60. The Balaban J connectivity index is 1.33. The van der Waals surface area contributed by atoms with Gasteiger partial charge in [0, 0.05) is 31.6 Å². The minimum Gasteiger partial charge on any atom is -0.492 e. The van der Waals surface area contributed by atoms with Gasteiger partial charge < -0.3 is 14.6 Å². The SMILES string of the molecule is O=C(CN1CCOc2ccccc2C1)NCc1nnc2n1CCC2. The smallest absolute Gasteiger partial charge is 0.234 e. The van der Waals surface area contributed by atoms with E-state index in [1.807, 2.05) is 24.3 Å². The van der Waals surface area contributed by atoms with Crippen molar-refractivity contribution >= 4 is 5.91 Å². The zero-order chi connectivity index (χ0) is 16.4. The Kier molecular flexibility index (Phi) is 4.17. The molecule has 0 radical (unpaired) electrons. The summed E-state index contributed by atoms with van der Waals surface area (Å²) in [5.74, 6) is 2.80. The number of para-hydroxylation sites is 1. The topological polar surface area (TPSA) is 72.3 Å². The van der Waals surface area contributed by atoms with Crippen LogP contribution in [0.25, 0.3) is 0 Å². The standard InChI is InChI=1S/C17H21N5O2/c23-17(18-10-16-20-19-15-6-3-7-22(15)16)12-21-8-9-24-14-5-2-1-4-13(14)11-21/h1-2,4-5H,3,6-12H2,(H,18,23). The molecule has 4 rings (SSSR count). The highest BCUT2D eigenvalue weighted by atomic mass is 16.5. The molecule has 0 fully saturated rings. The Hall–Kier alpha value is -2.41. The number of carbonyl (C=O) groups excluding carboxylic acids is 1. The number of carbonyl (C=O) groups is 1. The number of rotatable bonds is 4. The molecule has 1 amide bonds. The van der Waals surface area contributed by atoms with Crippen LogP contribution >= 0.6 is 0 Å². The minimum atomic E-state index is 0.00438. The number of benzene rings is 1. The Morgan fingerprint density at radius 1 is 1.25 bits per heavy atom. The van der Waals surface area contributed by atoms with Crippen molar-refractivity contribution < 1.29 is 9.53 Å². The van der Waals surface area contributed by atoms with Gasteiger partial charge in [0.25, 0.3) is 0 Å². The molecule has 0 aliphatic carbocycles. The lowest BCUT2D eigenvalue weighted by atomic mass is 10.2. The van der Waals surface area contributed by atoms with Crippen molar-refractivity contribution in [1.82, 2.24) is 25.0 Å². The fourth-order valence-electron chi connectivity index (χ4n) is 3.29. The molecule has 0 spiro atoms. The first-order valence-corrected chi connectivity index (χ1v) is 8.40. The zero-order valence-electron chi connectivity index (χ0n) is 13.6. The Morgan fingerprint density at radius 2 is 2.17 bits per heavy atom. The molecule has 0 atom stereocenters. The Morgan fingerprint density at radius 3 is 3.12 bits per heavy atom. The van der Waals surface area contributed by atoms with E-state index in [0.29, 0.717) is 19.7 Å².